The van der Waals surface area contributed by atoms with Gasteiger partial charge in [0, 0.05) is 317 Å². The van der Waals surface area contributed by atoms with Crippen molar-refractivity contribution in [2.24, 2.45) is 15.0 Å². The summed E-state index contributed by atoms with van der Waals surface area (Å²) in [6.45, 7) is 87.9. The van der Waals surface area contributed by atoms with Crippen molar-refractivity contribution in [1.82, 2.24) is 62.5 Å². The molecule has 0 saturated heterocycles. The molecular weight excluding hydrogens is 1840 g/mol. The largest absolute Gasteiger partial charge is 0.385 e. The van der Waals surface area contributed by atoms with Crippen molar-refractivity contribution < 1.29 is 76.3 Å². The lowest BCUT2D eigenvalue weighted by Crippen LogP contribution is -2.24. The Hall–Kier alpha value is -10.3. The van der Waals surface area contributed by atoms with Gasteiger partial charge in [-0.05, 0) is 51.4 Å². The van der Waals surface area contributed by atoms with E-state index < -0.39 is 0 Å². The standard InChI is InChI=1S/3C14H19N5O2.C13H18N6O2.4C5H12O2.16C2H6/c3*1-11(20)16-13-5-3-7-18(13)8-4-9-19-10-6-15-14(19)17-12(2)21;1-10(20)16-12-14-4-8-18(12)6-3-7-19-9-5-15-13(19)17-11(2)21;4*1-6-4-3-5-7-2;16*1-2/h3*3,6-7,10H,4-5,8-9H2,1-2H3,(H,15,17,21);4-5,8-9H,3,6-7H2,1-2H3,(H,14,16,20)(H,15,17,21);4*3-5H2,1-2H3;16*1-2H3. The number of anilines is 5. The van der Waals surface area contributed by atoms with Crippen molar-refractivity contribution in [3.8, 4) is 0 Å². The van der Waals surface area contributed by atoms with Crippen molar-refractivity contribution in [2.75, 3.05) is 156 Å². The minimum Gasteiger partial charge on any atom is -0.385 e. The SMILES string of the molecule is CC.CC.CC.CC.CC.CC.CC.CC.CC.CC.CC.CC.CC.CC.CC.CC.CC(=O)N=C1CC=CN1CCCn1ccnc1NC(C)=O.CC(=O)N=C1CC=CN1CCCn1ccnc1NC(C)=O.CC(=O)N=C1CC=CN1CCCn1ccnc1NC(C)=O.CC(=O)Nc1nccn1CCCn1ccnc1NC(C)=O.COCCCOC.COCCCOC.COCCCOC.COCCCOC. The summed E-state index contributed by atoms with van der Waals surface area (Å²) in [5.41, 5.74) is 0. The van der Waals surface area contributed by atoms with E-state index in [9.17, 15) is 38.4 Å². The molecule has 0 aliphatic carbocycles. The lowest BCUT2D eigenvalue weighted by atomic mass is 10.3. The van der Waals surface area contributed by atoms with Crippen LogP contribution in [0.5, 0.6) is 0 Å². The van der Waals surface area contributed by atoms with Crippen LogP contribution in [0.2, 0.25) is 0 Å². The summed E-state index contributed by atoms with van der Waals surface area (Å²) in [7, 11) is 13.5. The molecule has 8 heterocycles. The lowest BCUT2D eigenvalue weighted by molar-refractivity contribution is -0.116. The van der Waals surface area contributed by atoms with Gasteiger partial charge in [0.1, 0.15) is 17.5 Å². The number of carbonyl (C=O) groups excluding carboxylic acids is 8. The molecular formula is C107H219N21O16. The lowest BCUT2D eigenvalue weighted by Gasteiger charge is -2.17. The van der Waals surface area contributed by atoms with E-state index >= 15 is 0 Å². The Labute approximate surface area is 878 Å². The molecule has 0 fully saturated rings. The highest BCUT2D eigenvalue weighted by molar-refractivity contribution is 5.97. The van der Waals surface area contributed by atoms with Gasteiger partial charge in [0.05, 0.1) is 0 Å². The first-order chi connectivity index (χ1) is 69.9. The van der Waals surface area contributed by atoms with Crippen LogP contribution in [0.3, 0.4) is 0 Å². The summed E-state index contributed by atoms with van der Waals surface area (Å²) in [5, 5.41) is 13.4. The predicted octanol–water partition coefficient (Wildman–Crippen LogP) is 24.4. The van der Waals surface area contributed by atoms with Crippen molar-refractivity contribution in [2.45, 2.75) is 380 Å². The van der Waals surface area contributed by atoms with Gasteiger partial charge < -0.3 is 75.4 Å². The summed E-state index contributed by atoms with van der Waals surface area (Å²) in [6, 6.07) is 0. The summed E-state index contributed by atoms with van der Waals surface area (Å²) < 4.78 is 47.5. The molecule has 3 aliphatic heterocycles. The zero-order valence-corrected chi connectivity index (χ0v) is 101. The number of rotatable bonds is 37. The number of nitrogens with zero attached hydrogens (tertiary/aromatic N) is 16. The second-order valence-electron chi connectivity index (χ2n) is 24.4. The Morgan fingerprint density at radius 2 is 0.375 bits per heavy atom. The summed E-state index contributed by atoms with van der Waals surface area (Å²) >= 11 is 0. The van der Waals surface area contributed by atoms with E-state index in [-0.39, 0.29) is 47.3 Å². The number of ether oxygens (including phenoxy) is 8. The second-order valence-corrected chi connectivity index (χ2v) is 24.4. The number of aliphatic imine (C=N–C) groups is 3. The third-order valence-electron chi connectivity index (χ3n) is 14.6. The number of methoxy groups -OCH3 is 8. The van der Waals surface area contributed by atoms with Crippen LogP contribution in [0, 0.1) is 0 Å². The second kappa shape index (κ2) is 146. The molecule has 8 amide bonds. The fourth-order valence-electron chi connectivity index (χ4n) is 9.84. The predicted molar refractivity (Wildman–Crippen MR) is 612 cm³/mol. The van der Waals surface area contributed by atoms with Crippen molar-refractivity contribution in [3.63, 3.8) is 0 Å². The van der Waals surface area contributed by atoms with Crippen LogP contribution in [0.15, 0.2) is 114 Å². The molecule has 144 heavy (non-hydrogen) atoms. The van der Waals surface area contributed by atoms with Gasteiger partial charge in [0.15, 0.2) is 0 Å². The molecule has 3 aliphatic rings. The molecule has 8 rings (SSSR count). The number of amidine groups is 3. The molecule has 37 nitrogen and oxygen atoms in total. The van der Waals surface area contributed by atoms with Crippen molar-refractivity contribution >= 4 is 94.5 Å². The van der Waals surface area contributed by atoms with E-state index in [0.29, 0.717) is 62.1 Å². The maximum atomic E-state index is 11.1. The Morgan fingerprint density at radius 3 is 0.500 bits per heavy atom. The number of imidazole rings is 5. The molecule has 0 unspecified atom stereocenters. The Bertz CT molecular complexity index is 3300. The van der Waals surface area contributed by atoms with Crippen LogP contribution < -0.4 is 26.6 Å². The third-order valence-corrected chi connectivity index (χ3v) is 14.6. The molecule has 5 aromatic heterocycles. The Morgan fingerprint density at radius 1 is 0.236 bits per heavy atom. The summed E-state index contributed by atoms with van der Waals surface area (Å²) in [6.07, 6.45) is 38.6. The van der Waals surface area contributed by atoms with E-state index in [1.54, 1.807) is 87.9 Å². The number of amides is 8. The average Bonchev–Trinajstić information content (AvgIpc) is 1.75. The zero-order valence-electron chi connectivity index (χ0n) is 101. The number of hydrogen-bond acceptors (Lipinski definition) is 21. The number of nitrogens with one attached hydrogen (secondary N) is 5. The normalized spacial score (nSPS) is 10.9. The van der Waals surface area contributed by atoms with Gasteiger partial charge in [-0.25, -0.2) is 24.9 Å². The van der Waals surface area contributed by atoms with Gasteiger partial charge in [-0.3, -0.25) is 64.9 Å². The third kappa shape index (κ3) is 112. The molecule has 0 atom stereocenters. The van der Waals surface area contributed by atoms with E-state index in [1.807, 2.05) is 327 Å². The molecule has 5 aromatic rings. The maximum absolute atomic E-state index is 11.1. The molecule has 0 bridgehead atoms. The van der Waals surface area contributed by atoms with Gasteiger partial charge >= 0.3 is 0 Å². The quantitative estimate of drug-likeness (QED) is 0.0231. The van der Waals surface area contributed by atoms with Gasteiger partial charge in [-0.15, -0.1) is 0 Å². The van der Waals surface area contributed by atoms with Gasteiger partial charge in [0.25, 0.3) is 0 Å². The molecule has 0 saturated carbocycles. The van der Waals surface area contributed by atoms with E-state index in [0.717, 1.165) is 161 Å². The molecule has 37 heteroatoms. The van der Waals surface area contributed by atoms with Gasteiger partial charge in [0.2, 0.25) is 77.0 Å². The highest BCUT2D eigenvalue weighted by Gasteiger charge is 2.18. The highest BCUT2D eigenvalue weighted by atomic mass is 16.5. The fraction of sp³-hybridized carbons (Fsp3) is 0.701. The molecule has 848 valence electrons. The van der Waals surface area contributed by atoms with E-state index in [2.05, 4.69) is 66.5 Å². The van der Waals surface area contributed by atoms with Crippen LogP contribution in [0.25, 0.3) is 0 Å². The number of carbonyl (C=O) groups is 8. The zero-order chi connectivity index (χ0) is 115. The fourth-order valence-corrected chi connectivity index (χ4v) is 9.84. The smallest absolute Gasteiger partial charge is 0.244 e. The average molecular weight is 2060 g/mol. The van der Waals surface area contributed by atoms with Crippen molar-refractivity contribution in [1.29, 1.82) is 0 Å². The number of aromatic nitrogens is 10. The number of hydrogen-bond donors (Lipinski definition) is 5. The summed E-state index contributed by atoms with van der Waals surface area (Å²) in [4.78, 5) is 127. The molecule has 5 N–H and O–H groups in total. The first-order valence-electron chi connectivity index (χ1n) is 52.8. The van der Waals surface area contributed by atoms with E-state index in [1.165, 1.54) is 55.4 Å². The minimum absolute atomic E-state index is 0.138. The van der Waals surface area contributed by atoms with Gasteiger partial charge in [-0.2, -0.15) is 15.0 Å². The van der Waals surface area contributed by atoms with Crippen LogP contribution in [-0.4, -0.2) is 257 Å². The first kappa shape index (κ1) is 170. The Kier molecular flexibility index (Phi) is 172. The minimum atomic E-state index is -0.179. The Balaban J connectivity index is -0.0000000917. The number of aryl methyl sites for hydroxylation is 5. The van der Waals surface area contributed by atoms with Crippen LogP contribution in [0.4, 0.5) is 29.7 Å². The molecule has 0 radical (unpaired) electrons. The van der Waals surface area contributed by atoms with Crippen molar-refractivity contribution in [3.05, 3.63) is 98.8 Å². The molecule has 0 spiro atoms. The van der Waals surface area contributed by atoms with Crippen LogP contribution in [-0.2, 0) is 109 Å². The monoisotopic (exact) mass is 2050 g/mol. The topological polar surface area (TPSA) is 406 Å². The van der Waals surface area contributed by atoms with Crippen LogP contribution >= 0.6 is 0 Å². The van der Waals surface area contributed by atoms with E-state index in [4.69, 9.17) is 37.9 Å². The highest BCUT2D eigenvalue weighted by Crippen LogP contribution is 2.16. The van der Waals surface area contributed by atoms with Crippen LogP contribution in [0.1, 0.15) is 348 Å². The maximum Gasteiger partial charge on any atom is 0.244 e. The summed E-state index contributed by atoms with van der Waals surface area (Å²) in [5.74, 6) is 3.85. The molecule has 0 aromatic carbocycles. The first-order valence-corrected chi connectivity index (χ1v) is 52.8. The van der Waals surface area contributed by atoms with Gasteiger partial charge in [-0.1, -0.05) is 240 Å².